The third kappa shape index (κ3) is 5.24. The molecular formula is C23H22BrNO5. The molecule has 0 unspecified atom stereocenters. The van der Waals surface area contributed by atoms with Crippen LogP contribution in [0.15, 0.2) is 65.1 Å². The maximum Gasteiger partial charge on any atom is 0.255 e. The van der Waals surface area contributed by atoms with Crippen molar-refractivity contribution in [2.45, 2.75) is 6.92 Å². The summed E-state index contributed by atoms with van der Waals surface area (Å²) >= 11 is 3.43. The SMILES string of the molecule is CCOc1c(Br)cc(C(=O)Nc2ccc(Oc3cccc(OC)c3)cc2)cc1OC. The number of rotatable bonds is 8. The van der Waals surface area contributed by atoms with Crippen LogP contribution in [-0.4, -0.2) is 26.7 Å². The van der Waals surface area contributed by atoms with Crippen LogP contribution in [0.1, 0.15) is 17.3 Å². The maximum atomic E-state index is 12.7. The van der Waals surface area contributed by atoms with Gasteiger partial charge in [0.25, 0.3) is 5.91 Å². The first kappa shape index (κ1) is 21.5. The number of carbonyl (C=O) groups is 1. The van der Waals surface area contributed by atoms with Crippen LogP contribution in [0.2, 0.25) is 0 Å². The summed E-state index contributed by atoms with van der Waals surface area (Å²) in [5, 5.41) is 2.87. The van der Waals surface area contributed by atoms with Gasteiger partial charge < -0.3 is 24.3 Å². The minimum absolute atomic E-state index is 0.265. The lowest BCUT2D eigenvalue weighted by Gasteiger charge is -2.13. The van der Waals surface area contributed by atoms with Crippen molar-refractivity contribution in [3.05, 3.63) is 70.7 Å². The molecule has 1 N–H and O–H groups in total. The molecule has 0 aliphatic carbocycles. The van der Waals surface area contributed by atoms with Crippen molar-refractivity contribution in [2.75, 3.05) is 26.1 Å². The molecule has 0 bridgehead atoms. The van der Waals surface area contributed by atoms with E-state index in [4.69, 9.17) is 18.9 Å². The number of anilines is 1. The van der Waals surface area contributed by atoms with Crippen LogP contribution < -0.4 is 24.3 Å². The van der Waals surface area contributed by atoms with Crippen LogP contribution in [0.5, 0.6) is 28.7 Å². The van der Waals surface area contributed by atoms with Gasteiger partial charge in [-0.3, -0.25) is 4.79 Å². The molecule has 3 aromatic rings. The highest BCUT2D eigenvalue weighted by atomic mass is 79.9. The first-order valence-electron chi connectivity index (χ1n) is 9.27. The Hall–Kier alpha value is -3.19. The summed E-state index contributed by atoms with van der Waals surface area (Å²) < 4.78 is 22.6. The third-order valence-electron chi connectivity index (χ3n) is 4.17. The van der Waals surface area contributed by atoms with E-state index < -0.39 is 0 Å². The zero-order chi connectivity index (χ0) is 21.5. The largest absolute Gasteiger partial charge is 0.497 e. The summed E-state index contributed by atoms with van der Waals surface area (Å²) in [5.74, 6) is 2.81. The predicted octanol–water partition coefficient (Wildman–Crippen LogP) is 5.91. The Morgan fingerprint density at radius 3 is 2.33 bits per heavy atom. The highest BCUT2D eigenvalue weighted by Gasteiger charge is 2.15. The third-order valence-corrected chi connectivity index (χ3v) is 4.76. The Morgan fingerprint density at radius 2 is 1.67 bits per heavy atom. The lowest BCUT2D eigenvalue weighted by molar-refractivity contribution is 0.102. The number of hydrogen-bond acceptors (Lipinski definition) is 5. The molecular weight excluding hydrogens is 450 g/mol. The van der Waals surface area contributed by atoms with Crippen LogP contribution in [0.4, 0.5) is 5.69 Å². The number of amides is 1. The van der Waals surface area contributed by atoms with Crippen molar-refractivity contribution in [3.63, 3.8) is 0 Å². The molecule has 0 aromatic heterocycles. The Morgan fingerprint density at radius 1 is 0.933 bits per heavy atom. The first-order chi connectivity index (χ1) is 14.5. The van der Waals surface area contributed by atoms with Crippen molar-refractivity contribution in [1.82, 2.24) is 0 Å². The van der Waals surface area contributed by atoms with Gasteiger partial charge in [0.2, 0.25) is 0 Å². The van der Waals surface area contributed by atoms with Crippen molar-refractivity contribution >= 4 is 27.5 Å². The van der Waals surface area contributed by atoms with Gasteiger partial charge in [0.1, 0.15) is 17.2 Å². The number of nitrogens with one attached hydrogen (secondary N) is 1. The van der Waals surface area contributed by atoms with E-state index in [0.717, 1.165) is 0 Å². The molecule has 0 radical (unpaired) electrons. The van der Waals surface area contributed by atoms with Crippen LogP contribution >= 0.6 is 15.9 Å². The van der Waals surface area contributed by atoms with Gasteiger partial charge in [0, 0.05) is 17.3 Å². The monoisotopic (exact) mass is 471 g/mol. The molecule has 30 heavy (non-hydrogen) atoms. The molecule has 7 heteroatoms. The smallest absolute Gasteiger partial charge is 0.255 e. The van der Waals surface area contributed by atoms with Gasteiger partial charge in [0.15, 0.2) is 11.5 Å². The number of methoxy groups -OCH3 is 2. The number of benzene rings is 3. The molecule has 3 rings (SSSR count). The van der Waals surface area contributed by atoms with Gasteiger partial charge in [-0.25, -0.2) is 0 Å². The van der Waals surface area contributed by atoms with Gasteiger partial charge in [0.05, 0.1) is 25.3 Å². The first-order valence-corrected chi connectivity index (χ1v) is 10.1. The van der Waals surface area contributed by atoms with E-state index >= 15 is 0 Å². The van der Waals surface area contributed by atoms with Crippen LogP contribution in [0, 0.1) is 0 Å². The van der Waals surface area contributed by atoms with Crippen molar-refractivity contribution in [2.24, 2.45) is 0 Å². The topological polar surface area (TPSA) is 66.0 Å². The average Bonchev–Trinajstić information content (AvgIpc) is 2.76. The Labute approximate surface area is 183 Å². The van der Waals surface area contributed by atoms with Gasteiger partial charge >= 0.3 is 0 Å². The quantitative estimate of drug-likeness (QED) is 0.442. The zero-order valence-corrected chi connectivity index (χ0v) is 18.5. The van der Waals surface area contributed by atoms with Crippen molar-refractivity contribution < 1.29 is 23.7 Å². The second-order valence-corrected chi connectivity index (χ2v) is 7.04. The second kappa shape index (κ2) is 10.0. The van der Waals surface area contributed by atoms with E-state index in [0.29, 0.717) is 51.1 Å². The van der Waals surface area contributed by atoms with Gasteiger partial charge in [-0.05, 0) is 71.4 Å². The maximum absolute atomic E-state index is 12.7. The molecule has 0 atom stereocenters. The summed E-state index contributed by atoms with van der Waals surface area (Å²) in [6.45, 7) is 2.37. The summed E-state index contributed by atoms with van der Waals surface area (Å²) in [7, 11) is 3.14. The van der Waals surface area contributed by atoms with Crippen LogP contribution in [0.25, 0.3) is 0 Å². The number of carbonyl (C=O) groups excluding carboxylic acids is 1. The van der Waals surface area contributed by atoms with E-state index in [1.165, 1.54) is 7.11 Å². The molecule has 0 heterocycles. The van der Waals surface area contributed by atoms with E-state index in [2.05, 4.69) is 21.2 Å². The summed E-state index contributed by atoms with van der Waals surface area (Å²) in [5.41, 5.74) is 1.08. The molecule has 0 aliphatic rings. The fraction of sp³-hybridized carbons (Fsp3) is 0.174. The van der Waals surface area contributed by atoms with Crippen molar-refractivity contribution in [3.8, 4) is 28.7 Å². The minimum Gasteiger partial charge on any atom is -0.497 e. The molecule has 6 nitrogen and oxygen atoms in total. The Kier molecular flexibility index (Phi) is 7.19. The normalized spacial score (nSPS) is 10.3. The molecule has 0 saturated heterocycles. The highest BCUT2D eigenvalue weighted by Crippen LogP contribution is 2.37. The summed E-state index contributed by atoms with van der Waals surface area (Å²) in [4.78, 5) is 12.7. The molecule has 0 saturated carbocycles. The molecule has 0 fully saturated rings. The van der Waals surface area contributed by atoms with Gasteiger partial charge in [-0.2, -0.15) is 0 Å². The predicted molar refractivity (Wildman–Crippen MR) is 119 cm³/mol. The van der Waals surface area contributed by atoms with Gasteiger partial charge in [-0.1, -0.05) is 6.07 Å². The zero-order valence-electron chi connectivity index (χ0n) is 16.9. The molecule has 1 amide bonds. The van der Waals surface area contributed by atoms with E-state index in [1.54, 1.807) is 49.6 Å². The fourth-order valence-corrected chi connectivity index (χ4v) is 3.30. The summed E-state index contributed by atoms with van der Waals surface area (Å²) in [6.07, 6.45) is 0. The molecule has 0 aliphatic heterocycles. The molecule has 0 spiro atoms. The number of hydrogen-bond donors (Lipinski definition) is 1. The Balaban J connectivity index is 1.70. The highest BCUT2D eigenvalue weighted by molar-refractivity contribution is 9.10. The van der Waals surface area contributed by atoms with Crippen LogP contribution in [0.3, 0.4) is 0 Å². The van der Waals surface area contributed by atoms with E-state index in [9.17, 15) is 4.79 Å². The lowest BCUT2D eigenvalue weighted by atomic mass is 10.1. The molecule has 156 valence electrons. The van der Waals surface area contributed by atoms with Crippen molar-refractivity contribution in [1.29, 1.82) is 0 Å². The molecule has 3 aromatic carbocycles. The number of ether oxygens (including phenoxy) is 4. The number of halogens is 1. The minimum atomic E-state index is -0.265. The van der Waals surface area contributed by atoms with Gasteiger partial charge in [-0.15, -0.1) is 0 Å². The fourth-order valence-electron chi connectivity index (χ4n) is 2.75. The standard InChI is InChI=1S/C23H22BrNO5/c1-4-29-22-20(24)12-15(13-21(22)28-3)23(26)25-16-8-10-17(11-9-16)30-19-7-5-6-18(14-19)27-2/h5-14H,4H2,1-3H3,(H,25,26). The Bertz CT molecular complexity index is 1020. The lowest BCUT2D eigenvalue weighted by Crippen LogP contribution is -2.12. The van der Waals surface area contributed by atoms with E-state index in [-0.39, 0.29) is 5.91 Å². The average molecular weight is 472 g/mol. The second-order valence-electron chi connectivity index (χ2n) is 6.18. The van der Waals surface area contributed by atoms with Crippen LogP contribution in [-0.2, 0) is 0 Å². The van der Waals surface area contributed by atoms with E-state index in [1.807, 2.05) is 25.1 Å². The summed E-state index contributed by atoms with van der Waals surface area (Å²) in [6, 6.07) is 17.8.